The molecule has 0 bridgehead atoms. The van der Waals surface area contributed by atoms with E-state index in [9.17, 15) is 9.59 Å². The van der Waals surface area contributed by atoms with Gasteiger partial charge in [0.15, 0.2) is 6.10 Å². The van der Waals surface area contributed by atoms with Crippen LogP contribution >= 0.6 is 0 Å². The number of para-hydroxylation sites is 1. The number of hydrogen-bond acceptors (Lipinski definition) is 4. The Labute approximate surface area is 171 Å². The maximum absolute atomic E-state index is 12.9. The number of carbonyl (C=O) groups is 2. The SMILES string of the molecule is CNCC1CCN(C(=O)c2cccc(NC(=O)C3Cc4ccccc4O3)c2)CC1. The summed E-state index contributed by atoms with van der Waals surface area (Å²) in [5.74, 6) is 1.22. The van der Waals surface area contributed by atoms with Crippen molar-refractivity contribution in [2.75, 3.05) is 32.0 Å². The molecule has 0 aliphatic carbocycles. The van der Waals surface area contributed by atoms with Crippen LogP contribution < -0.4 is 15.4 Å². The topological polar surface area (TPSA) is 70.7 Å². The number of nitrogens with zero attached hydrogens (tertiary/aromatic N) is 1. The first-order chi connectivity index (χ1) is 14.1. The van der Waals surface area contributed by atoms with Crippen LogP contribution in [0.1, 0.15) is 28.8 Å². The maximum atomic E-state index is 12.9. The fourth-order valence-electron chi connectivity index (χ4n) is 4.09. The highest BCUT2D eigenvalue weighted by Gasteiger charge is 2.29. The van der Waals surface area contributed by atoms with Crippen molar-refractivity contribution < 1.29 is 14.3 Å². The first kappa shape index (κ1) is 19.5. The highest BCUT2D eigenvalue weighted by molar-refractivity contribution is 5.98. The number of likely N-dealkylation sites (tertiary alicyclic amines) is 1. The van der Waals surface area contributed by atoms with E-state index < -0.39 is 6.10 Å². The molecule has 1 unspecified atom stereocenters. The van der Waals surface area contributed by atoms with E-state index >= 15 is 0 Å². The Balaban J connectivity index is 1.36. The van der Waals surface area contributed by atoms with E-state index in [0.29, 0.717) is 23.6 Å². The summed E-state index contributed by atoms with van der Waals surface area (Å²) in [6.45, 7) is 2.54. The van der Waals surface area contributed by atoms with Crippen LogP contribution in [0.4, 0.5) is 5.69 Å². The Morgan fingerprint density at radius 3 is 2.66 bits per heavy atom. The number of anilines is 1. The van der Waals surface area contributed by atoms with Gasteiger partial charge in [-0.3, -0.25) is 9.59 Å². The molecule has 4 rings (SSSR count). The molecule has 1 atom stereocenters. The lowest BCUT2D eigenvalue weighted by molar-refractivity contribution is -0.122. The molecule has 2 aromatic carbocycles. The first-order valence-corrected chi connectivity index (χ1v) is 10.2. The fraction of sp³-hybridized carbons (Fsp3) is 0.391. The standard InChI is InChI=1S/C23H27N3O3/c1-24-15-16-9-11-26(12-10-16)23(28)18-6-4-7-19(13-18)25-22(27)21-14-17-5-2-3-8-20(17)29-21/h2-8,13,16,21,24H,9-12,14-15H2,1H3,(H,25,27). The lowest BCUT2D eigenvalue weighted by atomic mass is 9.96. The molecule has 2 N–H and O–H groups in total. The average Bonchev–Trinajstić information content (AvgIpc) is 3.19. The summed E-state index contributed by atoms with van der Waals surface area (Å²) in [7, 11) is 1.96. The van der Waals surface area contributed by atoms with Gasteiger partial charge in [0.2, 0.25) is 0 Å². The summed E-state index contributed by atoms with van der Waals surface area (Å²) in [5, 5.41) is 6.11. The molecular weight excluding hydrogens is 366 g/mol. The average molecular weight is 393 g/mol. The molecule has 6 nitrogen and oxygen atoms in total. The van der Waals surface area contributed by atoms with Crippen molar-refractivity contribution in [3.05, 3.63) is 59.7 Å². The Morgan fingerprint density at radius 2 is 1.90 bits per heavy atom. The smallest absolute Gasteiger partial charge is 0.265 e. The summed E-state index contributed by atoms with van der Waals surface area (Å²) in [6.07, 6.45) is 2.05. The minimum Gasteiger partial charge on any atom is -0.480 e. The number of carbonyl (C=O) groups excluding carboxylic acids is 2. The number of benzene rings is 2. The van der Waals surface area contributed by atoms with E-state index in [1.807, 2.05) is 36.2 Å². The zero-order chi connectivity index (χ0) is 20.2. The molecule has 0 saturated carbocycles. The Morgan fingerprint density at radius 1 is 1.10 bits per heavy atom. The summed E-state index contributed by atoms with van der Waals surface area (Å²) < 4.78 is 5.75. The van der Waals surface area contributed by atoms with E-state index in [4.69, 9.17) is 4.74 Å². The molecule has 2 aromatic rings. The zero-order valence-corrected chi connectivity index (χ0v) is 16.7. The number of ether oxygens (including phenoxy) is 1. The number of rotatable bonds is 5. The lowest BCUT2D eigenvalue weighted by Gasteiger charge is -2.32. The normalized spacial score (nSPS) is 18.8. The summed E-state index contributed by atoms with van der Waals surface area (Å²) in [5.41, 5.74) is 2.26. The lowest BCUT2D eigenvalue weighted by Crippen LogP contribution is -2.40. The van der Waals surface area contributed by atoms with Gasteiger partial charge in [-0.1, -0.05) is 24.3 Å². The third kappa shape index (κ3) is 4.43. The Kier molecular flexibility index (Phi) is 5.81. The van der Waals surface area contributed by atoms with Gasteiger partial charge in [0.1, 0.15) is 5.75 Å². The van der Waals surface area contributed by atoms with Crippen LogP contribution in [0.25, 0.3) is 0 Å². The van der Waals surface area contributed by atoms with Gasteiger partial charge < -0.3 is 20.3 Å². The first-order valence-electron chi connectivity index (χ1n) is 10.2. The summed E-state index contributed by atoms with van der Waals surface area (Å²) in [6, 6.07) is 14.9. The van der Waals surface area contributed by atoms with Gasteiger partial charge in [-0.05, 0) is 62.2 Å². The zero-order valence-electron chi connectivity index (χ0n) is 16.7. The molecule has 2 aliphatic heterocycles. The second-order valence-corrected chi connectivity index (χ2v) is 7.78. The molecule has 0 spiro atoms. The second kappa shape index (κ2) is 8.66. The van der Waals surface area contributed by atoms with E-state index in [-0.39, 0.29) is 11.8 Å². The molecule has 29 heavy (non-hydrogen) atoms. The van der Waals surface area contributed by atoms with Gasteiger partial charge in [0, 0.05) is 30.8 Å². The molecule has 1 fully saturated rings. The Bertz CT molecular complexity index is 865. The van der Waals surface area contributed by atoms with Crippen LogP contribution in [0.2, 0.25) is 0 Å². The van der Waals surface area contributed by atoms with Crippen LogP contribution in [-0.2, 0) is 11.2 Å². The molecule has 1 saturated heterocycles. The number of hydrogen-bond donors (Lipinski definition) is 2. The summed E-state index contributed by atoms with van der Waals surface area (Å²) >= 11 is 0. The number of amides is 2. The molecule has 2 heterocycles. The molecular formula is C23H27N3O3. The minimum atomic E-state index is -0.544. The fourth-order valence-corrected chi connectivity index (χ4v) is 4.09. The van der Waals surface area contributed by atoms with Gasteiger partial charge in [-0.2, -0.15) is 0 Å². The number of fused-ring (bicyclic) bond motifs is 1. The third-order valence-electron chi connectivity index (χ3n) is 5.71. The van der Waals surface area contributed by atoms with Crippen molar-refractivity contribution >= 4 is 17.5 Å². The van der Waals surface area contributed by atoms with Crippen LogP contribution in [0, 0.1) is 5.92 Å². The van der Waals surface area contributed by atoms with Crippen molar-refractivity contribution in [1.82, 2.24) is 10.2 Å². The van der Waals surface area contributed by atoms with Crippen molar-refractivity contribution in [2.24, 2.45) is 5.92 Å². The quantitative estimate of drug-likeness (QED) is 0.819. The highest BCUT2D eigenvalue weighted by atomic mass is 16.5. The van der Waals surface area contributed by atoms with Crippen molar-refractivity contribution in [1.29, 1.82) is 0 Å². The number of nitrogens with one attached hydrogen (secondary N) is 2. The monoisotopic (exact) mass is 393 g/mol. The van der Waals surface area contributed by atoms with Crippen molar-refractivity contribution in [3.63, 3.8) is 0 Å². The molecule has 152 valence electrons. The van der Waals surface area contributed by atoms with Gasteiger partial charge in [-0.15, -0.1) is 0 Å². The van der Waals surface area contributed by atoms with Crippen LogP contribution in [0.15, 0.2) is 48.5 Å². The van der Waals surface area contributed by atoms with Crippen LogP contribution in [0.5, 0.6) is 5.75 Å². The molecule has 0 aromatic heterocycles. The Hall–Kier alpha value is -2.86. The molecule has 6 heteroatoms. The molecule has 0 radical (unpaired) electrons. The molecule has 2 amide bonds. The van der Waals surface area contributed by atoms with E-state index in [2.05, 4.69) is 10.6 Å². The second-order valence-electron chi connectivity index (χ2n) is 7.78. The van der Waals surface area contributed by atoms with Crippen molar-refractivity contribution in [3.8, 4) is 5.75 Å². The minimum absolute atomic E-state index is 0.0218. The maximum Gasteiger partial charge on any atom is 0.265 e. The highest BCUT2D eigenvalue weighted by Crippen LogP contribution is 2.29. The third-order valence-corrected chi connectivity index (χ3v) is 5.71. The number of piperidine rings is 1. The van der Waals surface area contributed by atoms with Gasteiger partial charge in [0.05, 0.1) is 0 Å². The van der Waals surface area contributed by atoms with Gasteiger partial charge in [0.25, 0.3) is 11.8 Å². The largest absolute Gasteiger partial charge is 0.480 e. The van der Waals surface area contributed by atoms with Crippen molar-refractivity contribution in [2.45, 2.75) is 25.4 Å². The van der Waals surface area contributed by atoms with Crippen LogP contribution in [0.3, 0.4) is 0 Å². The predicted molar refractivity (Wildman–Crippen MR) is 112 cm³/mol. The van der Waals surface area contributed by atoms with E-state index in [1.54, 1.807) is 24.3 Å². The van der Waals surface area contributed by atoms with E-state index in [1.165, 1.54) is 0 Å². The molecule has 2 aliphatic rings. The predicted octanol–water partition coefficient (Wildman–Crippen LogP) is 2.70. The van der Waals surface area contributed by atoms with Gasteiger partial charge in [-0.25, -0.2) is 0 Å². The van der Waals surface area contributed by atoms with Gasteiger partial charge >= 0.3 is 0 Å². The van der Waals surface area contributed by atoms with E-state index in [0.717, 1.165) is 43.8 Å². The van der Waals surface area contributed by atoms with Crippen LogP contribution in [-0.4, -0.2) is 49.5 Å². The summed E-state index contributed by atoms with van der Waals surface area (Å²) in [4.78, 5) is 27.4.